The first-order chi connectivity index (χ1) is 10.0. The van der Waals surface area contributed by atoms with E-state index in [2.05, 4.69) is 20.9 Å². The van der Waals surface area contributed by atoms with Crippen LogP contribution in [-0.4, -0.2) is 39.4 Å². The summed E-state index contributed by atoms with van der Waals surface area (Å²) < 4.78 is 27.7. The molecule has 6 nitrogen and oxygen atoms in total. The summed E-state index contributed by atoms with van der Waals surface area (Å²) in [6.07, 6.45) is 2.72. The number of rotatable bonds is 3. The van der Waals surface area contributed by atoms with Crippen LogP contribution in [0.25, 0.3) is 5.69 Å². The van der Waals surface area contributed by atoms with Gasteiger partial charge in [-0.15, -0.1) is 17.5 Å². The SMILES string of the molecule is Cl.O=C(Nc1cccc(-n2ccnn2)c1)C1CC(F)(F)CN1. The zero-order chi connectivity index (χ0) is 14.9. The van der Waals surface area contributed by atoms with Gasteiger partial charge in [0.1, 0.15) is 0 Å². The molecular weight excluding hydrogens is 316 g/mol. The van der Waals surface area contributed by atoms with E-state index in [1.807, 2.05) is 0 Å². The van der Waals surface area contributed by atoms with Gasteiger partial charge >= 0.3 is 0 Å². The first kappa shape index (κ1) is 16.3. The Morgan fingerprint density at radius 2 is 2.27 bits per heavy atom. The number of nitrogens with one attached hydrogen (secondary N) is 2. The van der Waals surface area contributed by atoms with Crippen LogP contribution in [0.4, 0.5) is 14.5 Å². The Morgan fingerprint density at radius 3 is 2.91 bits per heavy atom. The third kappa shape index (κ3) is 3.58. The second-order valence-electron chi connectivity index (χ2n) is 4.88. The molecule has 1 unspecified atom stereocenters. The van der Waals surface area contributed by atoms with Crippen molar-refractivity contribution >= 4 is 24.0 Å². The summed E-state index contributed by atoms with van der Waals surface area (Å²) in [5.41, 5.74) is 1.24. The summed E-state index contributed by atoms with van der Waals surface area (Å²) in [5.74, 6) is -3.30. The number of nitrogens with zero attached hydrogens (tertiary/aromatic N) is 3. The van der Waals surface area contributed by atoms with Crippen LogP contribution >= 0.6 is 12.4 Å². The molecule has 0 saturated carbocycles. The summed E-state index contributed by atoms with van der Waals surface area (Å²) in [5, 5.41) is 12.7. The highest BCUT2D eigenvalue weighted by Gasteiger charge is 2.42. The van der Waals surface area contributed by atoms with Crippen molar-refractivity contribution in [2.24, 2.45) is 0 Å². The summed E-state index contributed by atoms with van der Waals surface area (Å²) in [4.78, 5) is 12.0. The van der Waals surface area contributed by atoms with E-state index in [1.54, 1.807) is 30.5 Å². The molecule has 0 aliphatic carbocycles. The summed E-state index contributed by atoms with van der Waals surface area (Å²) >= 11 is 0. The lowest BCUT2D eigenvalue weighted by molar-refractivity contribution is -0.118. The maximum Gasteiger partial charge on any atom is 0.262 e. The largest absolute Gasteiger partial charge is 0.325 e. The number of benzene rings is 1. The number of hydrogen-bond acceptors (Lipinski definition) is 4. The molecule has 1 aliphatic heterocycles. The number of amides is 1. The van der Waals surface area contributed by atoms with Gasteiger partial charge < -0.3 is 5.32 Å². The van der Waals surface area contributed by atoms with Gasteiger partial charge in [0.2, 0.25) is 5.91 Å². The molecule has 1 saturated heterocycles. The Hall–Kier alpha value is -2.06. The van der Waals surface area contributed by atoms with Crippen LogP contribution in [0.5, 0.6) is 0 Å². The number of halogens is 3. The van der Waals surface area contributed by atoms with Gasteiger partial charge in [-0.05, 0) is 18.2 Å². The van der Waals surface area contributed by atoms with Crippen molar-refractivity contribution in [1.82, 2.24) is 20.3 Å². The highest BCUT2D eigenvalue weighted by atomic mass is 35.5. The van der Waals surface area contributed by atoms with Gasteiger partial charge in [0.15, 0.2) is 0 Å². The Labute approximate surface area is 131 Å². The molecule has 1 aromatic heterocycles. The molecular formula is C13H14ClF2N5O. The lowest BCUT2D eigenvalue weighted by atomic mass is 10.1. The predicted molar refractivity (Wildman–Crippen MR) is 78.6 cm³/mol. The molecule has 2 heterocycles. The molecule has 2 N–H and O–H groups in total. The predicted octanol–water partition coefficient (Wildman–Crippen LogP) is 1.62. The Bertz CT molecular complexity index is 650. The molecule has 1 amide bonds. The van der Waals surface area contributed by atoms with E-state index in [9.17, 15) is 13.6 Å². The van der Waals surface area contributed by atoms with E-state index < -0.39 is 30.8 Å². The van der Waals surface area contributed by atoms with Crippen molar-refractivity contribution in [2.75, 3.05) is 11.9 Å². The molecule has 1 aromatic carbocycles. The quantitative estimate of drug-likeness (QED) is 0.897. The number of anilines is 1. The molecule has 0 bridgehead atoms. The van der Waals surface area contributed by atoms with Crippen molar-refractivity contribution in [3.63, 3.8) is 0 Å². The molecule has 3 rings (SSSR count). The van der Waals surface area contributed by atoms with Gasteiger partial charge in [0.25, 0.3) is 5.92 Å². The molecule has 2 aromatic rings. The average molecular weight is 330 g/mol. The van der Waals surface area contributed by atoms with Crippen molar-refractivity contribution in [3.8, 4) is 5.69 Å². The van der Waals surface area contributed by atoms with Gasteiger partial charge in [-0.1, -0.05) is 11.3 Å². The van der Waals surface area contributed by atoms with E-state index in [-0.39, 0.29) is 12.4 Å². The zero-order valence-corrected chi connectivity index (χ0v) is 12.2. The Kier molecular flexibility index (Phi) is 4.72. The van der Waals surface area contributed by atoms with E-state index in [1.165, 1.54) is 10.9 Å². The topological polar surface area (TPSA) is 71.8 Å². The molecule has 1 fully saturated rings. The highest BCUT2D eigenvalue weighted by Crippen LogP contribution is 2.25. The number of carbonyl (C=O) groups is 1. The summed E-state index contributed by atoms with van der Waals surface area (Å²) in [6, 6.07) is 6.04. The summed E-state index contributed by atoms with van der Waals surface area (Å²) in [7, 11) is 0. The third-order valence-electron chi connectivity index (χ3n) is 3.23. The van der Waals surface area contributed by atoms with Crippen LogP contribution in [0.15, 0.2) is 36.7 Å². The maximum absolute atomic E-state index is 13.1. The van der Waals surface area contributed by atoms with E-state index >= 15 is 0 Å². The van der Waals surface area contributed by atoms with E-state index in [4.69, 9.17) is 0 Å². The lowest BCUT2D eigenvalue weighted by Crippen LogP contribution is -2.35. The van der Waals surface area contributed by atoms with Crippen molar-refractivity contribution in [3.05, 3.63) is 36.7 Å². The maximum atomic E-state index is 13.1. The van der Waals surface area contributed by atoms with Gasteiger partial charge in [-0.3, -0.25) is 10.1 Å². The number of carbonyl (C=O) groups excluding carboxylic acids is 1. The monoisotopic (exact) mass is 329 g/mol. The van der Waals surface area contributed by atoms with Crippen LogP contribution in [0.2, 0.25) is 0 Å². The van der Waals surface area contributed by atoms with Crippen LogP contribution in [-0.2, 0) is 4.79 Å². The minimum Gasteiger partial charge on any atom is -0.325 e. The number of alkyl halides is 2. The van der Waals surface area contributed by atoms with Crippen LogP contribution in [0.1, 0.15) is 6.42 Å². The normalized spacial score (nSPS) is 19.5. The first-order valence-corrected chi connectivity index (χ1v) is 6.42. The average Bonchev–Trinajstić information content (AvgIpc) is 3.08. The van der Waals surface area contributed by atoms with Gasteiger partial charge in [-0.25, -0.2) is 13.5 Å². The molecule has 0 radical (unpaired) electrons. The van der Waals surface area contributed by atoms with Crippen molar-refractivity contribution < 1.29 is 13.6 Å². The van der Waals surface area contributed by atoms with Gasteiger partial charge in [0, 0.05) is 12.1 Å². The Morgan fingerprint density at radius 1 is 1.45 bits per heavy atom. The molecule has 118 valence electrons. The van der Waals surface area contributed by atoms with Crippen molar-refractivity contribution in [1.29, 1.82) is 0 Å². The third-order valence-corrected chi connectivity index (χ3v) is 3.23. The number of hydrogen-bond donors (Lipinski definition) is 2. The van der Waals surface area contributed by atoms with E-state index in [0.717, 1.165) is 5.69 Å². The minimum absolute atomic E-state index is 0. The van der Waals surface area contributed by atoms with E-state index in [0.29, 0.717) is 5.69 Å². The molecule has 1 atom stereocenters. The summed E-state index contributed by atoms with van der Waals surface area (Å²) in [6.45, 7) is -0.468. The minimum atomic E-state index is -2.83. The standard InChI is InChI=1S/C13H13F2N5O.ClH/c14-13(15)7-11(16-8-13)12(21)18-9-2-1-3-10(6-9)20-5-4-17-19-20;/h1-6,11,16H,7-8H2,(H,18,21);1H. The fourth-order valence-electron chi connectivity index (χ4n) is 2.20. The van der Waals surface area contributed by atoms with Crippen LogP contribution in [0.3, 0.4) is 0 Å². The second kappa shape index (κ2) is 6.37. The van der Waals surface area contributed by atoms with Crippen molar-refractivity contribution in [2.45, 2.75) is 18.4 Å². The van der Waals surface area contributed by atoms with Gasteiger partial charge in [0.05, 0.1) is 30.7 Å². The molecule has 1 aliphatic rings. The second-order valence-corrected chi connectivity index (χ2v) is 4.88. The smallest absolute Gasteiger partial charge is 0.262 e. The first-order valence-electron chi connectivity index (χ1n) is 6.42. The molecule has 22 heavy (non-hydrogen) atoms. The fraction of sp³-hybridized carbons (Fsp3) is 0.308. The highest BCUT2D eigenvalue weighted by molar-refractivity contribution is 5.95. The number of aromatic nitrogens is 3. The molecule has 0 spiro atoms. The Balaban J connectivity index is 0.00000176. The zero-order valence-electron chi connectivity index (χ0n) is 11.4. The van der Waals surface area contributed by atoms with Gasteiger partial charge in [-0.2, -0.15) is 0 Å². The fourth-order valence-corrected chi connectivity index (χ4v) is 2.20. The van der Waals surface area contributed by atoms with Crippen LogP contribution in [0, 0.1) is 0 Å². The van der Waals surface area contributed by atoms with Crippen LogP contribution < -0.4 is 10.6 Å². The lowest BCUT2D eigenvalue weighted by Gasteiger charge is -2.12. The molecule has 9 heteroatoms.